The molecule has 0 unspecified atom stereocenters. The van der Waals surface area contributed by atoms with Crippen molar-refractivity contribution in [2.75, 3.05) is 0 Å². The Labute approximate surface area is 117 Å². The van der Waals surface area contributed by atoms with Crippen LogP contribution in [-0.2, 0) is 10.1 Å². The van der Waals surface area contributed by atoms with E-state index in [1.165, 1.54) is 6.07 Å². The van der Waals surface area contributed by atoms with Crippen LogP contribution in [0.15, 0.2) is 41.3 Å². The van der Waals surface area contributed by atoms with E-state index in [-0.39, 0.29) is 34.5 Å². The average Bonchev–Trinajstić information content (AvgIpc) is 2.37. The zero-order valence-corrected chi connectivity index (χ0v) is 8.95. The molecule has 2 aliphatic rings. The second-order valence-electron chi connectivity index (χ2n) is 3.40. The van der Waals surface area contributed by atoms with Crippen molar-refractivity contribution in [3.8, 4) is 11.1 Å². The molecule has 0 atom stereocenters. The van der Waals surface area contributed by atoms with Crippen LogP contribution in [0, 0.1) is 6.92 Å². The molecule has 3 nitrogen and oxygen atoms in total. The first-order valence-corrected chi connectivity index (χ1v) is 5.90. The third kappa shape index (κ3) is 2.47. The van der Waals surface area contributed by atoms with Gasteiger partial charge in [0.2, 0.25) is 0 Å². The van der Waals surface area contributed by atoms with E-state index in [1.54, 1.807) is 12.1 Å². The van der Waals surface area contributed by atoms with E-state index in [4.69, 9.17) is 4.55 Å². The molecule has 0 radical (unpaired) electrons. The van der Waals surface area contributed by atoms with E-state index >= 15 is 0 Å². The molecule has 1 N–H and O–H groups in total. The molecule has 16 heavy (non-hydrogen) atoms. The van der Waals surface area contributed by atoms with Gasteiger partial charge in [-0.3, -0.25) is 4.55 Å². The molecule has 0 aromatic carbocycles. The third-order valence-corrected chi connectivity index (χ3v) is 3.25. The number of hydrogen-bond acceptors (Lipinski definition) is 2. The molecule has 5 heteroatoms. The molecule has 80 valence electrons. The van der Waals surface area contributed by atoms with Crippen LogP contribution in [0.2, 0.25) is 0 Å². The Kier molecular flexibility index (Phi) is 4.15. The fourth-order valence-electron chi connectivity index (χ4n) is 1.67. The molecule has 0 aliphatic heterocycles. The van der Waals surface area contributed by atoms with Gasteiger partial charge in [-0.15, -0.1) is 0 Å². The number of hydrogen-bond donors (Lipinski definition) is 1. The van der Waals surface area contributed by atoms with Gasteiger partial charge in [0.25, 0.3) is 10.1 Å². The van der Waals surface area contributed by atoms with Crippen LogP contribution < -0.4 is 0 Å². The van der Waals surface area contributed by atoms with Crippen LogP contribution in [0.1, 0.15) is 5.56 Å². The Balaban J connectivity index is 0.00000128. The molecular weight excluding hydrogens is 235 g/mol. The van der Waals surface area contributed by atoms with Crippen LogP contribution in [0.5, 0.6) is 0 Å². The molecule has 0 saturated heterocycles. The molecule has 2 rings (SSSR count). The van der Waals surface area contributed by atoms with Crippen LogP contribution >= 0.6 is 0 Å². The minimum atomic E-state index is -4.14. The molecular formula is C11H11NaO3S. The van der Waals surface area contributed by atoms with Crippen LogP contribution in [0.3, 0.4) is 0 Å². The van der Waals surface area contributed by atoms with Crippen molar-refractivity contribution in [1.82, 2.24) is 0 Å². The molecule has 0 fully saturated rings. The number of aryl methyl sites for hydroxylation is 1. The summed E-state index contributed by atoms with van der Waals surface area (Å²) in [7, 11) is -4.14. The molecule has 0 heterocycles. The molecule has 0 saturated carbocycles. The predicted molar refractivity (Wildman–Crippen MR) is 64.8 cm³/mol. The summed E-state index contributed by atoms with van der Waals surface area (Å²) in [5.41, 5.74) is 2.24. The monoisotopic (exact) mass is 246 g/mol. The first-order valence-electron chi connectivity index (χ1n) is 4.46. The van der Waals surface area contributed by atoms with Crippen molar-refractivity contribution in [3.05, 3.63) is 42.0 Å². The van der Waals surface area contributed by atoms with E-state index in [2.05, 4.69) is 0 Å². The fourth-order valence-corrected chi connectivity index (χ4v) is 2.45. The molecule has 0 amide bonds. The quantitative estimate of drug-likeness (QED) is 0.615. The summed E-state index contributed by atoms with van der Waals surface area (Å²) >= 11 is 0. The molecule has 0 aromatic heterocycles. The zero-order chi connectivity index (χ0) is 11.1. The molecule has 0 aromatic rings. The van der Waals surface area contributed by atoms with Gasteiger partial charge in [0.1, 0.15) is 4.90 Å². The second kappa shape index (κ2) is 4.85. The zero-order valence-electron chi connectivity index (χ0n) is 8.14. The normalized spacial score (nSPS) is 11.1. The summed E-state index contributed by atoms with van der Waals surface area (Å²) in [4.78, 5) is -0.0220. The van der Waals surface area contributed by atoms with Gasteiger partial charge >= 0.3 is 29.6 Å². The summed E-state index contributed by atoms with van der Waals surface area (Å²) in [6.45, 7) is 1.82. The van der Waals surface area contributed by atoms with Gasteiger partial charge in [-0.1, -0.05) is 30.3 Å². The van der Waals surface area contributed by atoms with Gasteiger partial charge in [-0.05, 0) is 24.1 Å². The molecule has 0 bridgehead atoms. The molecule has 0 spiro atoms. The van der Waals surface area contributed by atoms with Gasteiger partial charge in [0.15, 0.2) is 0 Å². The summed E-state index contributed by atoms with van der Waals surface area (Å²) in [6, 6.07) is 10.4. The van der Waals surface area contributed by atoms with Gasteiger partial charge in [0.05, 0.1) is 0 Å². The van der Waals surface area contributed by atoms with Crippen molar-refractivity contribution in [2.24, 2.45) is 0 Å². The van der Waals surface area contributed by atoms with Crippen molar-refractivity contribution in [2.45, 2.75) is 11.8 Å². The van der Waals surface area contributed by atoms with Crippen LogP contribution in [0.4, 0.5) is 0 Å². The summed E-state index contributed by atoms with van der Waals surface area (Å²) in [5.74, 6) is 0. The summed E-state index contributed by atoms with van der Waals surface area (Å²) in [5, 5.41) is 0. The van der Waals surface area contributed by atoms with Gasteiger partial charge in [-0.2, -0.15) is 8.42 Å². The van der Waals surface area contributed by atoms with Gasteiger partial charge in [0, 0.05) is 5.56 Å². The Morgan fingerprint density at radius 1 is 1.06 bits per heavy atom. The standard InChI is InChI=1S/C11H10O3S.Na.H/c1-8-7-11(15(12,13)14)10-6-4-2-3-5-9(8)10;;/h2-7H,1H3,(H,12,13,14);;. The van der Waals surface area contributed by atoms with Gasteiger partial charge in [-0.25, -0.2) is 0 Å². The van der Waals surface area contributed by atoms with E-state index in [9.17, 15) is 8.42 Å². The minimum absolute atomic E-state index is 0. The SMILES string of the molecule is Cc1cc(S(=O)(=O)O)c2cccccc1-2.[NaH]. The maximum atomic E-state index is 11.1. The summed E-state index contributed by atoms with van der Waals surface area (Å²) < 4.78 is 31.3. The number of rotatable bonds is 1. The Morgan fingerprint density at radius 3 is 2.19 bits per heavy atom. The third-order valence-electron chi connectivity index (χ3n) is 2.35. The van der Waals surface area contributed by atoms with Gasteiger partial charge < -0.3 is 0 Å². The van der Waals surface area contributed by atoms with Crippen molar-refractivity contribution in [1.29, 1.82) is 0 Å². The average molecular weight is 246 g/mol. The Hall–Kier alpha value is -0.390. The first-order chi connectivity index (χ1) is 7.00. The second-order valence-corrected chi connectivity index (χ2v) is 4.79. The Bertz CT molecular complexity index is 578. The topological polar surface area (TPSA) is 54.4 Å². The van der Waals surface area contributed by atoms with Crippen LogP contribution in [-0.4, -0.2) is 42.5 Å². The van der Waals surface area contributed by atoms with E-state index in [1.807, 2.05) is 25.1 Å². The van der Waals surface area contributed by atoms with Crippen molar-refractivity contribution in [3.63, 3.8) is 0 Å². The fraction of sp³-hybridized carbons (Fsp3) is 0.0909. The number of fused-ring (bicyclic) bond motifs is 1. The maximum absolute atomic E-state index is 11.1. The predicted octanol–water partition coefficient (Wildman–Crippen LogP) is 1.70. The van der Waals surface area contributed by atoms with Crippen molar-refractivity contribution >= 4 is 39.7 Å². The first kappa shape index (κ1) is 13.7. The Morgan fingerprint density at radius 2 is 1.62 bits per heavy atom. The van der Waals surface area contributed by atoms with E-state index < -0.39 is 10.1 Å². The van der Waals surface area contributed by atoms with E-state index in [0.717, 1.165) is 11.1 Å². The van der Waals surface area contributed by atoms with Crippen molar-refractivity contribution < 1.29 is 13.0 Å². The summed E-state index contributed by atoms with van der Waals surface area (Å²) in [6.07, 6.45) is 0. The van der Waals surface area contributed by atoms with Crippen LogP contribution in [0.25, 0.3) is 11.1 Å². The molecule has 2 aliphatic carbocycles. The van der Waals surface area contributed by atoms with E-state index in [0.29, 0.717) is 5.56 Å².